The highest BCUT2D eigenvalue weighted by Gasteiger charge is 2.25. The number of amides is 1. The van der Waals surface area contributed by atoms with E-state index in [1.807, 2.05) is 13.8 Å². The van der Waals surface area contributed by atoms with Crippen LogP contribution in [-0.2, 0) is 9.53 Å². The lowest BCUT2D eigenvalue weighted by atomic mass is 10.0. The van der Waals surface area contributed by atoms with Gasteiger partial charge in [0.15, 0.2) is 5.96 Å². The summed E-state index contributed by atoms with van der Waals surface area (Å²) in [7, 11) is 0. The number of hydrogen-bond donors (Lipinski definition) is 2. The quantitative estimate of drug-likeness (QED) is 0.463. The summed E-state index contributed by atoms with van der Waals surface area (Å²) in [6.07, 6.45) is 0.0504. The second-order valence-electron chi connectivity index (χ2n) is 6.84. The van der Waals surface area contributed by atoms with Gasteiger partial charge in [-0.05, 0) is 25.0 Å². The number of benzene rings is 1. The van der Waals surface area contributed by atoms with Crippen LogP contribution in [0.4, 0.5) is 0 Å². The minimum atomic E-state index is 0.00123. The molecule has 1 amide bonds. The number of nitrogens with one attached hydrogen (secondary N) is 2. The van der Waals surface area contributed by atoms with E-state index in [1.54, 1.807) is 0 Å². The third-order valence-corrected chi connectivity index (χ3v) is 4.43. The largest absolute Gasteiger partial charge is 0.370 e. The number of rotatable bonds is 6. The summed E-state index contributed by atoms with van der Waals surface area (Å²) in [5, 5.41) is 6.27. The van der Waals surface area contributed by atoms with Crippen LogP contribution in [0, 0.1) is 12.8 Å². The van der Waals surface area contributed by atoms with Crippen molar-refractivity contribution in [2.75, 3.05) is 39.3 Å². The minimum Gasteiger partial charge on any atom is -0.370 e. The van der Waals surface area contributed by atoms with Crippen LogP contribution in [0.2, 0.25) is 0 Å². The van der Waals surface area contributed by atoms with Gasteiger partial charge in [0.1, 0.15) is 6.10 Å². The molecule has 1 saturated heterocycles. The molecule has 1 aliphatic rings. The third kappa shape index (κ3) is 5.73. The van der Waals surface area contributed by atoms with Crippen LogP contribution in [0.15, 0.2) is 29.3 Å². The number of guanidine groups is 1. The zero-order valence-corrected chi connectivity index (χ0v) is 16.4. The Morgan fingerprint density at radius 1 is 1.35 bits per heavy atom. The molecule has 1 aromatic rings. The first-order chi connectivity index (χ1) is 12.5. The molecule has 144 valence electrons. The lowest BCUT2D eigenvalue weighted by Crippen LogP contribution is -2.48. The van der Waals surface area contributed by atoms with Crippen molar-refractivity contribution < 1.29 is 9.53 Å². The average Bonchev–Trinajstić information content (AvgIpc) is 2.64. The zero-order chi connectivity index (χ0) is 18.9. The van der Waals surface area contributed by atoms with Gasteiger partial charge >= 0.3 is 0 Å². The van der Waals surface area contributed by atoms with E-state index in [4.69, 9.17) is 4.74 Å². The van der Waals surface area contributed by atoms with Crippen molar-refractivity contribution >= 4 is 11.9 Å². The maximum absolute atomic E-state index is 11.6. The number of aliphatic imine (C=N–C) groups is 1. The summed E-state index contributed by atoms with van der Waals surface area (Å²) in [4.78, 5) is 18.6. The normalized spacial score (nSPS) is 18.1. The van der Waals surface area contributed by atoms with Crippen molar-refractivity contribution in [3.05, 3.63) is 35.4 Å². The van der Waals surface area contributed by atoms with E-state index >= 15 is 0 Å². The van der Waals surface area contributed by atoms with E-state index in [9.17, 15) is 4.79 Å². The maximum atomic E-state index is 11.6. The van der Waals surface area contributed by atoms with Crippen LogP contribution in [-0.4, -0.2) is 56.1 Å². The van der Waals surface area contributed by atoms with Gasteiger partial charge in [-0.15, -0.1) is 0 Å². The summed E-state index contributed by atoms with van der Waals surface area (Å²) in [6.45, 7) is 12.2. The van der Waals surface area contributed by atoms with Crippen molar-refractivity contribution in [2.24, 2.45) is 10.9 Å². The molecule has 1 unspecified atom stereocenters. The lowest BCUT2D eigenvalue weighted by molar-refractivity contribution is -0.123. The van der Waals surface area contributed by atoms with Gasteiger partial charge in [-0.2, -0.15) is 0 Å². The van der Waals surface area contributed by atoms with E-state index < -0.39 is 0 Å². The number of morpholine rings is 1. The second kappa shape index (κ2) is 10.2. The Labute approximate surface area is 157 Å². The summed E-state index contributed by atoms with van der Waals surface area (Å²) >= 11 is 0. The molecule has 2 rings (SSSR count). The smallest absolute Gasteiger partial charge is 0.222 e. The molecule has 1 fully saturated rings. The van der Waals surface area contributed by atoms with E-state index in [-0.39, 0.29) is 17.9 Å². The average molecular weight is 361 g/mol. The van der Waals surface area contributed by atoms with Crippen LogP contribution >= 0.6 is 0 Å². The molecule has 1 heterocycles. The van der Waals surface area contributed by atoms with Gasteiger partial charge in [-0.1, -0.05) is 38.1 Å². The van der Waals surface area contributed by atoms with Crippen molar-refractivity contribution in [3.63, 3.8) is 0 Å². The molecule has 1 atom stereocenters. The molecule has 2 N–H and O–H groups in total. The molecule has 0 radical (unpaired) electrons. The molecule has 6 nitrogen and oxygen atoms in total. The van der Waals surface area contributed by atoms with E-state index in [0.717, 1.165) is 25.6 Å². The summed E-state index contributed by atoms with van der Waals surface area (Å²) < 4.78 is 6.01. The molecule has 0 aliphatic carbocycles. The van der Waals surface area contributed by atoms with E-state index in [0.29, 0.717) is 19.7 Å². The number of nitrogens with zero attached hydrogens (tertiary/aromatic N) is 2. The molecule has 0 spiro atoms. The molecular weight excluding hydrogens is 328 g/mol. The first-order valence-electron chi connectivity index (χ1n) is 9.51. The number of hydrogen-bond acceptors (Lipinski definition) is 3. The van der Waals surface area contributed by atoms with Crippen LogP contribution < -0.4 is 10.6 Å². The van der Waals surface area contributed by atoms with Crippen molar-refractivity contribution in [2.45, 2.75) is 33.8 Å². The number of carbonyl (C=O) groups excluding carboxylic acids is 1. The fourth-order valence-corrected chi connectivity index (χ4v) is 2.95. The summed E-state index contributed by atoms with van der Waals surface area (Å²) in [6, 6.07) is 8.36. The second-order valence-corrected chi connectivity index (χ2v) is 6.84. The fraction of sp³-hybridized carbons (Fsp3) is 0.600. The monoisotopic (exact) mass is 360 g/mol. The van der Waals surface area contributed by atoms with E-state index in [2.05, 4.69) is 58.6 Å². The zero-order valence-electron chi connectivity index (χ0n) is 16.4. The number of aryl methyl sites for hydroxylation is 1. The third-order valence-electron chi connectivity index (χ3n) is 4.43. The summed E-state index contributed by atoms with van der Waals surface area (Å²) in [5.41, 5.74) is 2.48. The molecule has 1 aromatic carbocycles. The van der Waals surface area contributed by atoms with Crippen molar-refractivity contribution in [1.82, 2.24) is 15.5 Å². The molecule has 0 bridgehead atoms. The summed E-state index contributed by atoms with van der Waals surface area (Å²) in [5.74, 6) is 0.950. The molecular formula is C20H32N4O2. The van der Waals surface area contributed by atoms with Gasteiger partial charge < -0.3 is 20.3 Å². The molecule has 0 aromatic heterocycles. The Balaban J connectivity index is 1.98. The molecule has 0 saturated carbocycles. The number of carbonyl (C=O) groups is 1. The molecule has 1 aliphatic heterocycles. The van der Waals surface area contributed by atoms with Crippen molar-refractivity contribution in [1.29, 1.82) is 0 Å². The predicted octanol–water partition coefficient (Wildman–Crippen LogP) is 2.11. The number of ether oxygens (including phenoxy) is 1. The van der Waals surface area contributed by atoms with Gasteiger partial charge in [0.2, 0.25) is 5.91 Å². The molecule has 6 heteroatoms. The standard InChI is InChI=1S/C20H32N4O2/c1-5-21-20(23-11-10-22-19(25)15(2)3)24-12-13-26-18(14-24)17-9-7-6-8-16(17)4/h6-9,15,18H,5,10-14H2,1-4H3,(H,21,23)(H,22,25). The van der Waals surface area contributed by atoms with Gasteiger partial charge in [-0.25, -0.2) is 0 Å². The first-order valence-corrected chi connectivity index (χ1v) is 9.51. The first kappa shape index (κ1) is 20.2. The van der Waals surface area contributed by atoms with Crippen molar-refractivity contribution in [3.8, 4) is 0 Å². The topological polar surface area (TPSA) is 66.0 Å². The van der Waals surface area contributed by atoms with Crippen LogP contribution in [0.5, 0.6) is 0 Å². The Bertz CT molecular complexity index is 616. The van der Waals surface area contributed by atoms with E-state index in [1.165, 1.54) is 11.1 Å². The van der Waals surface area contributed by atoms with Crippen LogP contribution in [0.25, 0.3) is 0 Å². The minimum absolute atomic E-state index is 0.00123. The van der Waals surface area contributed by atoms with Gasteiger partial charge in [0, 0.05) is 25.6 Å². The maximum Gasteiger partial charge on any atom is 0.222 e. The SMILES string of the molecule is CCNC(=NCCNC(=O)C(C)C)N1CCOC(c2ccccc2C)C1. The van der Waals surface area contributed by atoms with Gasteiger partial charge in [-0.3, -0.25) is 9.79 Å². The lowest BCUT2D eigenvalue weighted by Gasteiger charge is -2.35. The van der Waals surface area contributed by atoms with Gasteiger partial charge in [0.05, 0.1) is 19.7 Å². The Morgan fingerprint density at radius 3 is 2.81 bits per heavy atom. The highest BCUT2D eigenvalue weighted by molar-refractivity contribution is 5.80. The highest BCUT2D eigenvalue weighted by atomic mass is 16.5. The van der Waals surface area contributed by atoms with Crippen LogP contribution in [0.1, 0.15) is 38.0 Å². The Morgan fingerprint density at radius 2 is 2.12 bits per heavy atom. The highest BCUT2D eigenvalue weighted by Crippen LogP contribution is 2.24. The van der Waals surface area contributed by atoms with Gasteiger partial charge in [0.25, 0.3) is 0 Å². The Kier molecular flexibility index (Phi) is 7.91. The molecule has 26 heavy (non-hydrogen) atoms. The fourth-order valence-electron chi connectivity index (χ4n) is 2.95. The van der Waals surface area contributed by atoms with Crippen LogP contribution in [0.3, 0.4) is 0 Å². The predicted molar refractivity (Wildman–Crippen MR) is 105 cm³/mol. The Hall–Kier alpha value is -2.08.